The molecule has 1 aliphatic heterocycles. The van der Waals surface area contributed by atoms with Crippen LogP contribution in [0.15, 0.2) is 60.8 Å². The monoisotopic (exact) mass is 562 g/mol. The average Bonchev–Trinajstić information content (AvgIpc) is 2.91. The molecule has 1 fully saturated rings. The van der Waals surface area contributed by atoms with Crippen LogP contribution in [-0.4, -0.2) is 73.5 Å². The number of amides is 2. The lowest BCUT2D eigenvalue weighted by Crippen LogP contribution is -2.50. The van der Waals surface area contributed by atoms with Gasteiger partial charge in [0.05, 0.1) is 18.2 Å². The van der Waals surface area contributed by atoms with E-state index < -0.39 is 5.91 Å². The molecule has 0 aliphatic carbocycles. The van der Waals surface area contributed by atoms with Crippen LogP contribution < -0.4 is 10.1 Å². The molecule has 202 valence electrons. The van der Waals surface area contributed by atoms with Crippen molar-refractivity contribution in [3.8, 4) is 11.6 Å². The van der Waals surface area contributed by atoms with E-state index in [4.69, 9.17) is 32.7 Å². The Hall–Kier alpha value is -3.24. The van der Waals surface area contributed by atoms with Crippen LogP contribution in [0.2, 0.25) is 10.0 Å². The smallest absolute Gasteiger partial charge is 0.257 e. The van der Waals surface area contributed by atoms with Gasteiger partial charge >= 0.3 is 0 Å². The van der Waals surface area contributed by atoms with Crippen molar-refractivity contribution in [1.29, 1.82) is 0 Å². The van der Waals surface area contributed by atoms with E-state index in [2.05, 4.69) is 15.2 Å². The van der Waals surface area contributed by atoms with Gasteiger partial charge in [-0.2, -0.15) is 0 Å². The molecule has 2 aromatic carbocycles. The number of nitrogens with zero attached hydrogens (tertiary/aromatic N) is 3. The number of nitrogens with one attached hydrogen (secondary N) is 1. The van der Waals surface area contributed by atoms with Gasteiger partial charge in [0.25, 0.3) is 5.91 Å². The largest absolute Gasteiger partial charge is 0.437 e. The molecule has 0 bridgehead atoms. The third kappa shape index (κ3) is 8.95. The first kappa shape index (κ1) is 29.3. The van der Waals surface area contributed by atoms with Gasteiger partial charge in [-0.1, -0.05) is 35.3 Å². The van der Waals surface area contributed by atoms with Crippen LogP contribution in [0.5, 0.6) is 11.6 Å². The second-order valence-electron chi connectivity index (χ2n) is 8.46. The number of methoxy groups -OCH3 is 1. The molecule has 3 aromatic rings. The molecule has 2 amide bonds. The van der Waals surface area contributed by atoms with Crippen LogP contribution in [0.1, 0.15) is 15.9 Å². The van der Waals surface area contributed by atoms with Gasteiger partial charge in [0.15, 0.2) is 0 Å². The van der Waals surface area contributed by atoms with E-state index in [0.29, 0.717) is 35.5 Å². The average molecular weight is 563 g/mol. The van der Waals surface area contributed by atoms with Crippen molar-refractivity contribution in [3.63, 3.8) is 0 Å². The summed E-state index contributed by atoms with van der Waals surface area (Å²) in [6, 6.07) is 14.2. The Bertz CT molecular complexity index is 1220. The Morgan fingerprint density at radius 2 is 1.76 bits per heavy atom. The molecule has 0 radical (unpaired) electrons. The van der Waals surface area contributed by atoms with E-state index in [9.17, 15) is 14.0 Å². The minimum atomic E-state index is -0.448. The van der Waals surface area contributed by atoms with Gasteiger partial charge in [0.1, 0.15) is 17.1 Å². The quantitative estimate of drug-likeness (QED) is 0.451. The zero-order valence-electron chi connectivity index (χ0n) is 21.1. The summed E-state index contributed by atoms with van der Waals surface area (Å²) in [4.78, 5) is 32.9. The number of carbonyl (C=O) groups excluding carboxylic acids is 2. The van der Waals surface area contributed by atoms with E-state index in [-0.39, 0.29) is 29.7 Å². The molecule has 1 saturated heterocycles. The normalized spacial score (nSPS) is 13.3. The summed E-state index contributed by atoms with van der Waals surface area (Å²) in [7, 11) is 3.63. The Morgan fingerprint density at radius 3 is 2.42 bits per heavy atom. The van der Waals surface area contributed by atoms with E-state index in [1.165, 1.54) is 24.4 Å². The van der Waals surface area contributed by atoms with Crippen LogP contribution in [-0.2, 0) is 16.1 Å². The Morgan fingerprint density at radius 1 is 1.05 bits per heavy atom. The van der Waals surface area contributed by atoms with E-state index in [1.54, 1.807) is 48.4 Å². The van der Waals surface area contributed by atoms with Crippen molar-refractivity contribution in [3.05, 3.63) is 87.8 Å². The molecule has 4 rings (SSSR count). The first-order chi connectivity index (χ1) is 18.3. The number of likely N-dealkylation sites (N-methyl/N-ethyl adjacent to an activating group) is 1. The number of hydrogen-bond donors (Lipinski definition) is 1. The molecule has 0 spiro atoms. The van der Waals surface area contributed by atoms with Gasteiger partial charge in [-0.25, -0.2) is 9.37 Å². The minimum absolute atomic E-state index is 0.0847. The number of piperazine rings is 1. The second-order valence-corrected chi connectivity index (χ2v) is 9.30. The lowest BCUT2D eigenvalue weighted by molar-refractivity contribution is -0.131. The van der Waals surface area contributed by atoms with Gasteiger partial charge < -0.3 is 24.6 Å². The highest BCUT2D eigenvalue weighted by molar-refractivity contribution is 6.35. The van der Waals surface area contributed by atoms with E-state index in [0.717, 1.165) is 18.7 Å². The molecule has 1 aromatic heterocycles. The van der Waals surface area contributed by atoms with Crippen LogP contribution in [0, 0.1) is 5.82 Å². The van der Waals surface area contributed by atoms with Gasteiger partial charge in [-0.3, -0.25) is 9.59 Å². The maximum atomic E-state index is 12.6. The molecular weight excluding hydrogens is 534 g/mol. The number of ether oxygens (including phenoxy) is 2. The third-order valence-electron chi connectivity index (χ3n) is 5.60. The number of hydrogen-bond acceptors (Lipinski definition) is 6. The summed E-state index contributed by atoms with van der Waals surface area (Å²) in [5.74, 6) is -0.354. The Kier molecular flexibility index (Phi) is 11.3. The topological polar surface area (TPSA) is 84.0 Å². The Labute approximate surface area is 231 Å². The van der Waals surface area contributed by atoms with Crippen LogP contribution in [0.25, 0.3) is 0 Å². The second kappa shape index (κ2) is 14.6. The minimum Gasteiger partial charge on any atom is -0.437 e. The van der Waals surface area contributed by atoms with Crippen molar-refractivity contribution in [1.82, 2.24) is 20.1 Å². The van der Waals surface area contributed by atoms with Crippen LogP contribution in [0.3, 0.4) is 0 Å². The van der Waals surface area contributed by atoms with E-state index >= 15 is 0 Å². The number of aromatic nitrogens is 1. The number of rotatable bonds is 7. The van der Waals surface area contributed by atoms with Gasteiger partial charge in [-0.15, -0.1) is 0 Å². The lowest BCUT2D eigenvalue weighted by Gasteiger charge is -2.32. The summed E-state index contributed by atoms with van der Waals surface area (Å²) < 4.78 is 22.8. The predicted molar refractivity (Wildman–Crippen MR) is 144 cm³/mol. The van der Waals surface area contributed by atoms with Crippen molar-refractivity contribution < 1.29 is 23.5 Å². The van der Waals surface area contributed by atoms with Gasteiger partial charge in [-0.05, 0) is 55.1 Å². The molecule has 0 saturated carbocycles. The van der Waals surface area contributed by atoms with E-state index in [1.807, 2.05) is 7.05 Å². The fourth-order valence-electron chi connectivity index (χ4n) is 3.47. The fourth-order valence-corrected chi connectivity index (χ4v) is 3.92. The summed E-state index contributed by atoms with van der Waals surface area (Å²) in [5.41, 5.74) is 1.20. The predicted octanol–water partition coefficient (Wildman–Crippen LogP) is 4.66. The molecule has 38 heavy (non-hydrogen) atoms. The van der Waals surface area contributed by atoms with Crippen LogP contribution in [0.4, 0.5) is 4.39 Å². The zero-order valence-corrected chi connectivity index (χ0v) is 22.6. The highest BCUT2D eigenvalue weighted by Crippen LogP contribution is 2.32. The Balaban J connectivity index is 0.000000336. The summed E-state index contributed by atoms with van der Waals surface area (Å²) >= 11 is 12.0. The molecule has 2 heterocycles. The molecule has 11 heteroatoms. The highest BCUT2D eigenvalue weighted by atomic mass is 35.5. The first-order valence-electron chi connectivity index (χ1n) is 11.8. The summed E-state index contributed by atoms with van der Waals surface area (Å²) in [5, 5.41) is 3.41. The summed E-state index contributed by atoms with van der Waals surface area (Å²) in [6.45, 7) is 3.41. The lowest BCUT2D eigenvalue weighted by atomic mass is 10.2. The number of carbonyl (C=O) groups is 2. The summed E-state index contributed by atoms with van der Waals surface area (Å²) in [6.07, 6.45) is 1.51. The molecule has 0 unspecified atom stereocenters. The van der Waals surface area contributed by atoms with Crippen molar-refractivity contribution in [2.45, 2.75) is 6.61 Å². The molecule has 1 aliphatic rings. The maximum absolute atomic E-state index is 12.6. The zero-order chi connectivity index (χ0) is 27.5. The molecular formula is C27H29Cl2FN4O4. The standard InChI is InChI=1S/C19H20Cl2N4O3.C8H9FO/c1-24-7-9-25(10-8-24)17(26)12-23-18(27)14-3-2-6-22-19(14)28-16-5-4-13(20)11-15(16)21;1-10-6-7-2-4-8(9)5-3-7/h2-6,11H,7-10,12H2,1H3,(H,23,27);2-5H,6H2,1H3. The first-order valence-corrected chi connectivity index (χ1v) is 12.6. The van der Waals surface area contributed by atoms with Crippen molar-refractivity contribution in [2.24, 2.45) is 0 Å². The SMILES string of the molecule is CN1CCN(C(=O)CNC(=O)c2cccnc2Oc2ccc(Cl)cc2Cl)CC1.COCc1ccc(F)cc1. The van der Waals surface area contributed by atoms with Gasteiger partial charge in [0.2, 0.25) is 11.8 Å². The van der Waals surface area contributed by atoms with Crippen LogP contribution >= 0.6 is 23.2 Å². The molecule has 1 N–H and O–H groups in total. The maximum Gasteiger partial charge on any atom is 0.257 e. The third-order valence-corrected chi connectivity index (χ3v) is 6.13. The fraction of sp³-hybridized carbons (Fsp3) is 0.296. The van der Waals surface area contributed by atoms with Gasteiger partial charge in [0, 0.05) is 44.5 Å². The highest BCUT2D eigenvalue weighted by Gasteiger charge is 2.21. The number of pyridine rings is 1. The molecule has 0 atom stereocenters. The van der Waals surface area contributed by atoms with Crippen molar-refractivity contribution in [2.75, 3.05) is 46.9 Å². The van der Waals surface area contributed by atoms with Crippen molar-refractivity contribution >= 4 is 35.0 Å². The number of halogens is 3. The molecule has 8 nitrogen and oxygen atoms in total. The number of benzene rings is 2.